The molecule has 0 bridgehead atoms. The second-order valence-corrected chi connectivity index (χ2v) is 6.56. The summed E-state index contributed by atoms with van der Waals surface area (Å²) >= 11 is 0. The third-order valence-corrected chi connectivity index (χ3v) is 4.52. The standard InChI is InChI=1S/C22H20FN5O/c23-18-8-6-17(7-9-18)21-22(28-13-12-24-15-19(28)27-21)25-11-10-20(29)26-14-16-4-2-1-3-5-16/h1-9,12-13,15,25H,10-11,14H2,(H,26,29). The van der Waals surface area contributed by atoms with E-state index in [1.54, 1.807) is 30.7 Å². The third kappa shape index (κ3) is 4.40. The average Bonchev–Trinajstić information content (AvgIpc) is 3.12. The SMILES string of the molecule is O=C(CCNc1c(-c2ccc(F)cc2)nc2cnccn12)NCc1ccccc1. The van der Waals surface area contributed by atoms with Crippen LogP contribution in [0.15, 0.2) is 73.2 Å². The maximum absolute atomic E-state index is 13.3. The Balaban J connectivity index is 1.45. The van der Waals surface area contributed by atoms with E-state index in [0.29, 0.717) is 30.9 Å². The summed E-state index contributed by atoms with van der Waals surface area (Å²) in [6.45, 7) is 0.937. The molecular weight excluding hydrogens is 369 g/mol. The predicted molar refractivity (Wildman–Crippen MR) is 110 cm³/mol. The lowest BCUT2D eigenvalue weighted by Crippen LogP contribution is -2.25. The van der Waals surface area contributed by atoms with E-state index in [1.165, 1.54) is 12.1 Å². The normalized spacial score (nSPS) is 10.8. The highest BCUT2D eigenvalue weighted by Gasteiger charge is 2.14. The number of hydrogen-bond donors (Lipinski definition) is 2. The van der Waals surface area contributed by atoms with E-state index < -0.39 is 0 Å². The molecule has 0 aliphatic rings. The molecule has 6 nitrogen and oxygen atoms in total. The molecule has 2 N–H and O–H groups in total. The fraction of sp³-hybridized carbons (Fsp3) is 0.136. The van der Waals surface area contributed by atoms with Crippen molar-refractivity contribution in [3.8, 4) is 11.3 Å². The second kappa shape index (κ2) is 8.52. The summed E-state index contributed by atoms with van der Waals surface area (Å²) in [6, 6.07) is 15.9. The van der Waals surface area contributed by atoms with Crippen LogP contribution in [0.5, 0.6) is 0 Å². The zero-order valence-electron chi connectivity index (χ0n) is 15.7. The van der Waals surface area contributed by atoms with Crippen molar-refractivity contribution in [2.45, 2.75) is 13.0 Å². The molecule has 4 rings (SSSR count). The Labute approximate surface area is 167 Å². The Kier molecular flexibility index (Phi) is 5.47. The first-order valence-electron chi connectivity index (χ1n) is 9.33. The number of anilines is 1. The van der Waals surface area contributed by atoms with Crippen LogP contribution in [0.25, 0.3) is 16.9 Å². The number of benzene rings is 2. The van der Waals surface area contributed by atoms with E-state index in [0.717, 1.165) is 16.9 Å². The van der Waals surface area contributed by atoms with Gasteiger partial charge in [0.15, 0.2) is 5.65 Å². The number of carbonyl (C=O) groups is 1. The van der Waals surface area contributed by atoms with Gasteiger partial charge in [-0.3, -0.25) is 14.2 Å². The first-order valence-corrected chi connectivity index (χ1v) is 9.33. The van der Waals surface area contributed by atoms with Crippen molar-refractivity contribution >= 4 is 17.4 Å². The minimum atomic E-state index is -0.302. The smallest absolute Gasteiger partial charge is 0.222 e. The quantitative estimate of drug-likeness (QED) is 0.506. The second-order valence-electron chi connectivity index (χ2n) is 6.56. The summed E-state index contributed by atoms with van der Waals surface area (Å²) < 4.78 is 15.2. The number of imidazole rings is 1. The monoisotopic (exact) mass is 389 g/mol. The maximum Gasteiger partial charge on any atom is 0.222 e. The Morgan fingerprint density at radius 1 is 1.07 bits per heavy atom. The zero-order chi connectivity index (χ0) is 20.1. The van der Waals surface area contributed by atoms with Crippen LogP contribution in [0.2, 0.25) is 0 Å². The molecule has 0 aliphatic carbocycles. The predicted octanol–water partition coefficient (Wildman–Crippen LogP) is 3.65. The molecule has 0 unspecified atom stereocenters. The summed E-state index contributed by atoms with van der Waals surface area (Å²) in [5, 5.41) is 6.21. The number of fused-ring (bicyclic) bond motifs is 1. The summed E-state index contributed by atoms with van der Waals surface area (Å²) in [5.41, 5.74) is 3.19. The first-order chi connectivity index (χ1) is 14.2. The van der Waals surface area contributed by atoms with E-state index in [4.69, 9.17) is 0 Å². The minimum Gasteiger partial charge on any atom is -0.369 e. The summed E-state index contributed by atoms with van der Waals surface area (Å²) in [6.07, 6.45) is 5.44. The maximum atomic E-state index is 13.3. The van der Waals surface area contributed by atoms with Gasteiger partial charge in [-0.05, 0) is 29.8 Å². The molecule has 2 aromatic heterocycles. The summed E-state index contributed by atoms with van der Waals surface area (Å²) in [4.78, 5) is 20.9. The largest absolute Gasteiger partial charge is 0.369 e. The molecule has 146 valence electrons. The molecule has 4 aromatic rings. The van der Waals surface area contributed by atoms with Gasteiger partial charge in [0.1, 0.15) is 17.3 Å². The fourth-order valence-corrected chi connectivity index (χ4v) is 3.06. The van der Waals surface area contributed by atoms with Crippen LogP contribution < -0.4 is 10.6 Å². The molecule has 2 aromatic carbocycles. The lowest BCUT2D eigenvalue weighted by atomic mass is 10.1. The summed E-state index contributed by atoms with van der Waals surface area (Å²) in [7, 11) is 0. The van der Waals surface area contributed by atoms with E-state index in [9.17, 15) is 9.18 Å². The Morgan fingerprint density at radius 3 is 2.66 bits per heavy atom. The van der Waals surface area contributed by atoms with Crippen molar-refractivity contribution in [3.05, 3.63) is 84.6 Å². The van der Waals surface area contributed by atoms with Crippen molar-refractivity contribution < 1.29 is 9.18 Å². The number of nitrogens with one attached hydrogen (secondary N) is 2. The number of nitrogens with zero attached hydrogens (tertiary/aromatic N) is 3. The van der Waals surface area contributed by atoms with Crippen LogP contribution in [0, 0.1) is 5.82 Å². The van der Waals surface area contributed by atoms with Gasteiger partial charge in [-0.2, -0.15) is 0 Å². The van der Waals surface area contributed by atoms with Gasteiger partial charge in [0.25, 0.3) is 0 Å². The van der Waals surface area contributed by atoms with Crippen molar-refractivity contribution in [3.63, 3.8) is 0 Å². The molecule has 0 saturated heterocycles. The number of aromatic nitrogens is 3. The topological polar surface area (TPSA) is 71.3 Å². The van der Waals surface area contributed by atoms with Gasteiger partial charge in [0, 0.05) is 37.5 Å². The first kappa shape index (κ1) is 18.6. The van der Waals surface area contributed by atoms with Gasteiger partial charge in [-0.1, -0.05) is 30.3 Å². The number of amides is 1. The molecule has 0 aliphatic heterocycles. The fourth-order valence-electron chi connectivity index (χ4n) is 3.06. The molecule has 0 radical (unpaired) electrons. The van der Waals surface area contributed by atoms with Crippen LogP contribution in [-0.2, 0) is 11.3 Å². The molecular formula is C22H20FN5O. The van der Waals surface area contributed by atoms with Crippen LogP contribution in [-0.4, -0.2) is 26.8 Å². The van der Waals surface area contributed by atoms with Crippen molar-refractivity contribution in [2.75, 3.05) is 11.9 Å². The molecule has 0 atom stereocenters. The van der Waals surface area contributed by atoms with Gasteiger partial charge >= 0.3 is 0 Å². The van der Waals surface area contributed by atoms with Crippen molar-refractivity contribution in [1.82, 2.24) is 19.7 Å². The number of carbonyl (C=O) groups excluding carboxylic acids is 1. The minimum absolute atomic E-state index is 0.0415. The molecule has 7 heteroatoms. The van der Waals surface area contributed by atoms with Gasteiger partial charge in [-0.15, -0.1) is 0 Å². The van der Waals surface area contributed by atoms with Gasteiger partial charge in [-0.25, -0.2) is 9.37 Å². The lowest BCUT2D eigenvalue weighted by molar-refractivity contribution is -0.121. The van der Waals surface area contributed by atoms with Crippen LogP contribution in [0.4, 0.5) is 10.2 Å². The van der Waals surface area contributed by atoms with Crippen molar-refractivity contribution in [2.24, 2.45) is 0 Å². The summed E-state index contributed by atoms with van der Waals surface area (Å²) in [5.74, 6) is 0.397. The van der Waals surface area contributed by atoms with E-state index in [1.807, 2.05) is 34.7 Å². The van der Waals surface area contributed by atoms with Crippen LogP contribution >= 0.6 is 0 Å². The number of hydrogen-bond acceptors (Lipinski definition) is 4. The highest BCUT2D eigenvalue weighted by molar-refractivity contribution is 5.78. The van der Waals surface area contributed by atoms with Crippen LogP contribution in [0.1, 0.15) is 12.0 Å². The third-order valence-electron chi connectivity index (χ3n) is 4.52. The number of rotatable bonds is 7. The van der Waals surface area contributed by atoms with Crippen LogP contribution in [0.3, 0.4) is 0 Å². The number of halogens is 1. The van der Waals surface area contributed by atoms with Gasteiger partial charge in [0.2, 0.25) is 5.91 Å². The van der Waals surface area contributed by atoms with E-state index >= 15 is 0 Å². The highest BCUT2D eigenvalue weighted by atomic mass is 19.1. The molecule has 0 fully saturated rings. The van der Waals surface area contributed by atoms with Crippen molar-refractivity contribution in [1.29, 1.82) is 0 Å². The Hall–Kier alpha value is -3.74. The molecule has 1 amide bonds. The van der Waals surface area contributed by atoms with Gasteiger partial charge < -0.3 is 10.6 Å². The van der Waals surface area contributed by atoms with E-state index in [-0.39, 0.29) is 11.7 Å². The Morgan fingerprint density at radius 2 is 1.86 bits per heavy atom. The zero-order valence-corrected chi connectivity index (χ0v) is 15.7. The highest BCUT2D eigenvalue weighted by Crippen LogP contribution is 2.28. The lowest BCUT2D eigenvalue weighted by Gasteiger charge is -2.09. The molecule has 2 heterocycles. The molecule has 0 spiro atoms. The molecule has 0 saturated carbocycles. The average molecular weight is 389 g/mol. The Bertz CT molecular complexity index is 1110. The van der Waals surface area contributed by atoms with E-state index in [2.05, 4.69) is 20.6 Å². The molecule has 29 heavy (non-hydrogen) atoms. The van der Waals surface area contributed by atoms with Gasteiger partial charge in [0.05, 0.1) is 6.20 Å².